The fourth-order valence-electron chi connectivity index (χ4n) is 2.27. The first-order valence-electron chi connectivity index (χ1n) is 5.16. The van der Waals surface area contributed by atoms with Crippen molar-refractivity contribution in [2.24, 2.45) is 0 Å². The van der Waals surface area contributed by atoms with Crippen LogP contribution >= 0.6 is 0 Å². The second-order valence-corrected chi connectivity index (χ2v) is 3.88. The first kappa shape index (κ1) is 9.81. The molecule has 2 heterocycles. The number of benzene rings is 1. The number of aromatic nitrogens is 1. The number of ether oxygens (including phenoxy) is 1. The average molecular weight is 230 g/mol. The summed E-state index contributed by atoms with van der Waals surface area (Å²) < 4.78 is 5.18. The Morgan fingerprint density at radius 3 is 3.06 bits per heavy atom. The third kappa shape index (κ3) is 1.17. The highest BCUT2D eigenvalue weighted by Gasteiger charge is 2.26. The molecule has 1 aromatic carbocycles. The van der Waals surface area contributed by atoms with Crippen LogP contribution in [-0.2, 0) is 11.2 Å². The summed E-state index contributed by atoms with van der Waals surface area (Å²) in [7, 11) is 1.49. The zero-order chi connectivity index (χ0) is 12.0. The van der Waals surface area contributed by atoms with E-state index in [9.17, 15) is 9.90 Å². The van der Waals surface area contributed by atoms with E-state index >= 15 is 0 Å². The minimum Gasteiger partial charge on any atom is -0.503 e. The van der Waals surface area contributed by atoms with Crippen LogP contribution in [0.3, 0.4) is 0 Å². The van der Waals surface area contributed by atoms with Gasteiger partial charge in [0.05, 0.1) is 18.3 Å². The van der Waals surface area contributed by atoms with Gasteiger partial charge in [0.1, 0.15) is 11.6 Å². The summed E-state index contributed by atoms with van der Waals surface area (Å²) in [6, 6.07) is 1.89. The van der Waals surface area contributed by atoms with E-state index in [1.54, 1.807) is 6.20 Å². The number of anilines is 1. The van der Waals surface area contributed by atoms with Crippen molar-refractivity contribution in [2.45, 2.75) is 6.42 Å². The van der Waals surface area contributed by atoms with Gasteiger partial charge in [0.15, 0.2) is 11.5 Å². The number of allylic oxidation sites excluding steroid dienone is 1. The van der Waals surface area contributed by atoms with Gasteiger partial charge in [0, 0.05) is 18.0 Å². The Labute approximate surface area is 96.7 Å². The van der Waals surface area contributed by atoms with Crippen LogP contribution in [-0.4, -0.2) is 23.1 Å². The third-order valence-corrected chi connectivity index (χ3v) is 3.01. The molecular formula is C12H10N2O3. The molecule has 0 bridgehead atoms. The molecule has 0 unspecified atom stereocenters. The van der Waals surface area contributed by atoms with Gasteiger partial charge < -0.3 is 20.1 Å². The van der Waals surface area contributed by atoms with Crippen LogP contribution in [0.4, 0.5) is 5.69 Å². The minimum atomic E-state index is 0.0164. The van der Waals surface area contributed by atoms with Gasteiger partial charge >= 0.3 is 0 Å². The zero-order valence-corrected chi connectivity index (χ0v) is 9.13. The van der Waals surface area contributed by atoms with Crippen molar-refractivity contribution in [3.63, 3.8) is 0 Å². The molecule has 0 radical (unpaired) electrons. The largest absolute Gasteiger partial charge is 0.503 e. The summed E-state index contributed by atoms with van der Waals surface area (Å²) in [6.45, 7) is 0. The maximum atomic E-state index is 10.7. The minimum absolute atomic E-state index is 0.0164. The molecule has 17 heavy (non-hydrogen) atoms. The van der Waals surface area contributed by atoms with Gasteiger partial charge in [-0.3, -0.25) is 0 Å². The fraction of sp³-hybridized carbons (Fsp3) is 0.167. The lowest BCUT2D eigenvalue weighted by Gasteiger charge is -2.10. The molecule has 3 N–H and O–H groups in total. The monoisotopic (exact) mass is 230 g/mol. The van der Waals surface area contributed by atoms with E-state index in [1.807, 2.05) is 12.0 Å². The first-order chi connectivity index (χ1) is 8.26. The van der Waals surface area contributed by atoms with Gasteiger partial charge in [-0.15, -0.1) is 0 Å². The van der Waals surface area contributed by atoms with Crippen molar-refractivity contribution in [2.75, 3.05) is 12.4 Å². The van der Waals surface area contributed by atoms with Crippen molar-refractivity contribution in [3.05, 3.63) is 23.5 Å². The van der Waals surface area contributed by atoms with Crippen LogP contribution < -0.4 is 10.1 Å². The normalized spacial score (nSPS) is 13.4. The number of methoxy groups -OCH3 is 1. The summed E-state index contributed by atoms with van der Waals surface area (Å²) in [5, 5.41) is 13.9. The highest BCUT2D eigenvalue weighted by molar-refractivity contribution is 5.99. The Morgan fingerprint density at radius 2 is 2.35 bits per heavy atom. The molecule has 2 aromatic rings. The molecule has 1 aromatic heterocycles. The van der Waals surface area contributed by atoms with Gasteiger partial charge in [0.25, 0.3) is 0 Å². The van der Waals surface area contributed by atoms with Crippen molar-refractivity contribution in [3.8, 4) is 11.5 Å². The smallest absolute Gasteiger partial charge is 0.186 e. The Morgan fingerprint density at radius 1 is 1.53 bits per heavy atom. The van der Waals surface area contributed by atoms with Crippen molar-refractivity contribution < 1.29 is 14.6 Å². The molecule has 1 aliphatic rings. The zero-order valence-electron chi connectivity index (χ0n) is 9.13. The van der Waals surface area contributed by atoms with Crippen LogP contribution in [0, 0.1) is 0 Å². The summed E-state index contributed by atoms with van der Waals surface area (Å²) in [5.74, 6) is 2.22. The number of aromatic amines is 1. The Balaban J connectivity index is 2.41. The molecule has 1 aliphatic heterocycles. The first-order valence-corrected chi connectivity index (χ1v) is 5.16. The molecule has 0 fully saturated rings. The molecule has 0 spiro atoms. The topological polar surface area (TPSA) is 74.3 Å². The van der Waals surface area contributed by atoms with E-state index in [2.05, 4.69) is 10.3 Å². The highest BCUT2D eigenvalue weighted by Crippen LogP contribution is 2.47. The summed E-state index contributed by atoms with van der Waals surface area (Å²) in [5.41, 5.74) is 2.58. The number of fused-ring (bicyclic) bond motifs is 3. The second-order valence-electron chi connectivity index (χ2n) is 3.88. The summed E-state index contributed by atoms with van der Waals surface area (Å²) >= 11 is 0. The van der Waals surface area contributed by atoms with Crippen molar-refractivity contribution in [1.29, 1.82) is 0 Å². The number of hydrogen-bond acceptors (Lipinski definition) is 4. The van der Waals surface area contributed by atoms with E-state index in [-0.39, 0.29) is 5.75 Å². The number of nitrogens with one attached hydrogen (secondary N) is 2. The molecule has 86 valence electrons. The molecule has 5 heteroatoms. The fourth-order valence-corrected chi connectivity index (χ4v) is 2.27. The molecular weight excluding hydrogens is 220 g/mol. The Kier molecular flexibility index (Phi) is 1.90. The van der Waals surface area contributed by atoms with E-state index in [1.165, 1.54) is 7.11 Å². The number of phenolic OH excluding ortho intramolecular Hbond substituents is 1. The Hall–Kier alpha value is -2.39. The number of rotatable bonds is 1. The molecule has 0 atom stereocenters. The van der Waals surface area contributed by atoms with E-state index < -0.39 is 0 Å². The summed E-state index contributed by atoms with van der Waals surface area (Å²) in [4.78, 5) is 13.7. The quantitative estimate of drug-likeness (QED) is 0.513. The maximum absolute atomic E-state index is 10.7. The predicted octanol–water partition coefficient (Wildman–Crippen LogP) is 1.57. The van der Waals surface area contributed by atoms with E-state index in [0.717, 1.165) is 16.5 Å². The molecule has 3 rings (SSSR count). The van der Waals surface area contributed by atoms with Crippen LogP contribution in [0.15, 0.2) is 18.0 Å². The van der Waals surface area contributed by atoms with Gasteiger partial charge in [-0.2, -0.15) is 0 Å². The van der Waals surface area contributed by atoms with Gasteiger partial charge in [0.2, 0.25) is 0 Å². The molecule has 5 nitrogen and oxygen atoms in total. The predicted molar refractivity (Wildman–Crippen MR) is 63.0 cm³/mol. The Bertz CT molecular complexity index is 666. The lowest BCUT2D eigenvalue weighted by Crippen LogP contribution is -1.93. The van der Waals surface area contributed by atoms with E-state index in [0.29, 0.717) is 23.6 Å². The van der Waals surface area contributed by atoms with Gasteiger partial charge in [-0.05, 0) is 11.6 Å². The third-order valence-electron chi connectivity index (χ3n) is 3.01. The van der Waals surface area contributed by atoms with Gasteiger partial charge in [-0.1, -0.05) is 0 Å². The molecule has 0 saturated heterocycles. The van der Waals surface area contributed by atoms with Crippen LogP contribution in [0.5, 0.6) is 11.5 Å². The lowest BCUT2D eigenvalue weighted by atomic mass is 10.1. The number of phenols is 1. The van der Waals surface area contributed by atoms with Gasteiger partial charge in [-0.25, -0.2) is 4.79 Å². The van der Waals surface area contributed by atoms with Crippen LogP contribution in [0.2, 0.25) is 0 Å². The maximum Gasteiger partial charge on any atom is 0.186 e. The standard InChI is InChI=1S/C12H10N2O3/c1-17-12-10-7(2-3-13-10)8-4-6(5-15)14-9(8)11(12)16/h2-3,13-14,16H,4H2,1H3. The highest BCUT2D eigenvalue weighted by atomic mass is 16.5. The van der Waals surface area contributed by atoms with Crippen molar-refractivity contribution in [1.82, 2.24) is 4.98 Å². The number of hydrogen-bond donors (Lipinski definition) is 3. The number of aromatic hydroxyl groups is 1. The number of carbonyl (C=O) groups excluding carboxylic acids is 1. The van der Waals surface area contributed by atoms with Crippen LogP contribution in [0.1, 0.15) is 5.56 Å². The molecule has 0 amide bonds. The molecule has 0 saturated carbocycles. The van der Waals surface area contributed by atoms with E-state index in [4.69, 9.17) is 4.74 Å². The summed E-state index contributed by atoms with van der Waals surface area (Å²) in [6.07, 6.45) is 2.22. The lowest BCUT2D eigenvalue weighted by molar-refractivity contribution is 0.378. The molecule has 0 aliphatic carbocycles. The SMILES string of the molecule is COc1c(O)c2c(c3cc[nH]c13)CC(=C=O)N2. The van der Waals surface area contributed by atoms with Crippen molar-refractivity contribution >= 4 is 22.5 Å². The second kappa shape index (κ2) is 3.30. The van der Waals surface area contributed by atoms with Crippen LogP contribution in [0.25, 0.3) is 10.9 Å². The number of H-pyrrole nitrogens is 1. The average Bonchev–Trinajstić information content (AvgIpc) is 2.94.